The van der Waals surface area contributed by atoms with Crippen molar-refractivity contribution in [1.29, 1.82) is 0 Å². The van der Waals surface area contributed by atoms with E-state index in [2.05, 4.69) is 0 Å². The fraction of sp³-hybridized carbons (Fsp3) is 0.167. The molecule has 0 radical (unpaired) electrons. The van der Waals surface area contributed by atoms with Gasteiger partial charge in [-0.1, -0.05) is 12.2 Å². The second-order valence-corrected chi connectivity index (χ2v) is 2.29. The first-order chi connectivity index (χ1) is 5.11. The highest BCUT2D eigenvalue weighted by molar-refractivity contribution is 6.51. The predicted molar refractivity (Wildman–Crippen MR) is 38.6 cm³/mol. The first-order valence-corrected chi connectivity index (χ1v) is 3.10. The highest BCUT2D eigenvalue weighted by Gasteiger charge is 2.22. The van der Waals surface area contributed by atoms with Crippen LogP contribution in [0.15, 0.2) is 23.2 Å². The SMILES string of the molecule is O=C(O)C1=CC=C(B(O)O)C1. The molecule has 11 heavy (non-hydrogen) atoms. The maximum atomic E-state index is 10.3. The van der Waals surface area contributed by atoms with Gasteiger partial charge in [-0.25, -0.2) is 4.79 Å². The van der Waals surface area contributed by atoms with E-state index < -0.39 is 13.1 Å². The summed E-state index contributed by atoms with van der Waals surface area (Å²) in [6.07, 6.45) is 2.90. The Morgan fingerprint density at radius 1 is 1.45 bits per heavy atom. The zero-order valence-electron chi connectivity index (χ0n) is 5.69. The third-order valence-electron chi connectivity index (χ3n) is 1.50. The molecule has 0 saturated heterocycles. The van der Waals surface area contributed by atoms with Crippen LogP contribution in [-0.4, -0.2) is 28.2 Å². The Labute approximate surface area is 63.6 Å². The normalized spacial score (nSPS) is 15.8. The summed E-state index contributed by atoms with van der Waals surface area (Å²) < 4.78 is 0. The van der Waals surface area contributed by atoms with Crippen LogP contribution in [0.1, 0.15) is 6.42 Å². The van der Waals surface area contributed by atoms with Crippen LogP contribution in [0, 0.1) is 0 Å². The van der Waals surface area contributed by atoms with E-state index >= 15 is 0 Å². The number of hydrogen-bond acceptors (Lipinski definition) is 3. The Balaban J connectivity index is 2.59. The van der Waals surface area contributed by atoms with Crippen LogP contribution in [0.2, 0.25) is 0 Å². The van der Waals surface area contributed by atoms with E-state index in [1.54, 1.807) is 0 Å². The molecule has 0 aromatic heterocycles. The molecule has 0 amide bonds. The van der Waals surface area contributed by atoms with Crippen LogP contribution in [-0.2, 0) is 4.79 Å². The third-order valence-corrected chi connectivity index (χ3v) is 1.50. The molecule has 0 aromatic rings. The van der Waals surface area contributed by atoms with Crippen LogP contribution < -0.4 is 0 Å². The van der Waals surface area contributed by atoms with Gasteiger partial charge in [0, 0.05) is 5.57 Å². The molecule has 0 bridgehead atoms. The summed E-state index contributed by atoms with van der Waals surface area (Å²) in [5, 5.41) is 25.7. The Hall–Kier alpha value is -1.07. The fourth-order valence-electron chi connectivity index (χ4n) is 0.870. The predicted octanol–water partition coefficient (Wildman–Crippen LogP) is -0.661. The molecule has 0 fully saturated rings. The summed E-state index contributed by atoms with van der Waals surface area (Å²) in [5.41, 5.74) is 0.510. The van der Waals surface area contributed by atoms with E-state index in [0.29, 0.717) is 5.47 Å². The Kier molecular flexibility index (Phi) is 2.12. The number of carboxylic acid groups (broad SMARTS) is 1. The van der Waals surface area contributed by atoms with Crippen molar-refractivity contribution in [3.8, 4) is 0 Å². The van der Waals surface area contributed by atoms with Crippen molar-refractivity contribution in [2.75, 3.05) is 0 Å². The van der Waals surface area contributed by atoms with Crippen molar-refractivity contribution in [3.63, 3.8) is 0 Å². The van der Waals surface area contributed by atoms with Crippen molar-refractivity contribution >= 4 is 13.1 Å². The molecule has 1 rings (SSSR count). The number of carbonyl (C=O) groups is 1. The molecular weight excluding hydrogens is 147 g/mol. The first-order valence-electron chi connectivity index (χ1n) is 3.10. The fourth-order valence-corrected chi connectivity index (χ4v) is 0.870. The minimum Gasteiger partial charge on any atom is -0.478 e. The average molecular weight is 154 g/mol. The minimum atomic E-state index is -1.54. The monoisotopic (exact) mass is 154 g/mol. The highest BCUT2D eigenvalue weighted by Crippen LogP contribution is 2.19. The molecule has 1 aliphatic carbocycles. The molecule has 0 saturated carbocycles. The van der Waals surface area contributed by atoms with E-state index in [9.17, 15) is 4.79 Å². The van der Waals surface area contributed by atoms with E-state index in [0.717, 1.165) is 0 Å². The molecule has 3 N–H and O–H groups in total. The quantitative estimate of drug-likeness (QED) is 0.461. The van der Waals surface area contributed by atoms with Crippen LogP contribution in [0.25, 0.3) is 0 Å². The molecule has 5 heteroatoms. The topological polar surface area (TPSA) is 77.8 Å². The number of hydrogen-bond donors (Lipinski definition) is 3. The third kappa shape index (κ3) is 1.69. The van der Waals surface area contributed by atoms with Crippen molar-refractivity contribution in [2.45, 2.75) is 6.42 Å². The molecule has 0 spiro atoms. The number of aliphatic carboxylic acids is 1. The summed E-state index contributed by atoms with van der Waals surface area (Å²) in [6, 6.07) is 0. The highest BCUT2D eigenvalue weighted by atomic mass is 16.4. The van der Waals surface area contributed by atoms with Gasteiger partial charge in [0.25, 0.3) is 0 Å². The summed E-state index contributed by atoms with van der Waals surface area (Å²) in [6.45, 7) is 0. The number of carboxylic acids is 1. The molecule has 1 aliphatic rings. The van der Waals surface area contributed by atoms with Crippen LogP contribution >= 0.6 is 0 Å². The van der Waals surface area contributed by atoms with E-state index in [1.807, 2.05) is 0 Å². The van der Waals surface area contributed by atoms with Crippen LogP contribution in [0.3, 0.4) is 0 Å². The second-order valence-electron chi connectivity index (χ2n) is 2.29. The molecule has 0 unspecified atom stereocenters. The average Bonchev–Trinajstić information content (AvgIpc) is 2.33. The molecule has 4 nitrogen and oxygen atoms in total. The largest absolute Gasteiger partial charge is 0.484 e. The smallest absolute Gasteiger partial charge is 0.478 e. The maximum Gasteiger partial charge on any atom is 0.484 e. The van der Waals surface area contributed by atoms with Gasteiger partial charge in [-0.15, -0.1) is 0 Å². The summed E-state index contributed by atoms with van der Waals surface area (Å²) in [5.74, 6) is -1.02. The van der Waals surface area contributed by atoms with Gasteiger partial charge in [0.2, 0.25) is 0 Å². The van der Waals surface area contributed by atoms with Crippen molar-refractivity contribution in [3.05, 3.63) is 23.2 Å². The van der Waals surface area contributed by atoms with E-state index in [-0.39, 0.29) is 12.0 Å². The molecule has 0 heterocycles. The van der Waals surface area contributed by atoms with Gasteiger partial charge in [0.05, 0.1) is 0 Å². The number of allylic oxidation sites excluding steroid dienone is 3. The lowest BCUT2D eigenvalue weighted by Crippen LogP contribution is -2.15. The van der Waals surface area contributed by atoms with E-state index in [4.69, 9.17) is 15.2 Å². The van der Waals surface area contributed by atoms with Gasteiger partial charge in [-0.3, -0.25) is 0 Å². The standard InChI is InChI=1S/C6H7BO4/c8-6(9)4-1-2-5(3-4)7(10)11/h1-2,10-11H,3H2,(H,8,9). The Morgan fingerprint density at radius 3 is 2.36 bits per heavy atom. The van der Waals surface area contributed by atoms with Crippen LogP contribution in [0.4, 0.5) is 0 Å². The van der Waals surface area contributed by atoms with Gasteiger partial charge in [-0.05, 0) is 11.9 Å². The zero-order valence-corrected chi connectivity index (χ0v) is 5.69. The van der Waals surface area contributed by atoms with Crippen molar-refractivity contribution in [1.82, 2.24) is 0 Å². The molecular formula is C6H7BO4. The summed E-state index contributed by atoms with van der Waals surface area (Å²) >= 11 is 0. The molecule has 0 aromatic carbocycles. The van der Waals surface area contributed by atoms with Gasteiger partial charge in [0.15, 0.2) is 0 Å². The second kappa shape index (κ2) is 2.90. The molecule has 0 atom stereocenters. The van der Waals surface area contributed by atoms with Gasteiger partial charge >= 0.3 is 13.1 Å². The molecule has 58 valence electrons. The lowest BCUT2D eigenvalue weighted by Gasteiger charge is -1.98. The van der Waals surface area contributed by atoms with E-state index in [1.165, 1.54) is 12.2 Å². The van der Waals surface area contributed by atoms with Crippen LogP contribution in [0.5, 0.6) is 0 Å². The first kappa shape index (κ1) is 8.04. The lowest BCUT2D eigenvalue weighted by molar-refractivity contribution is -0.132. The maximum absolute atomic E-state index is 10.3. The van der Waals surface area contributed by atoms with Gasteiger partial charge < -0.3 is 15.2 Å². The Bertz CT molecular complexity index is 241. The lowest BCUT2D eigenvalue weighted by atomic mass is 9.78. The minimum absolute atomic E-state index is 0.118. The molecule has 0 aliphatic heterocycles. The summed E-state index contributed by atoms with van der Waals surface area (Å²) in [4.78, 5) is 10.3. The van der Waals surface area contributed by atoms with Gasteiger partial charge in [-0.2, -0.15) is 0 Å². The Morgan fingerprint density at radius 2 is 2.09 bits per heavy atom. The zero-order chi connectivity index (χ0) is 8.43. The van der Waals surface area contributed by atoms with Crippen molar-refractivity contribution in [2.24, 2.45) is 0 Å². The summed E-state index contributed by atoms with van der Waals surface area (Å²) in [7, 11) is -1.54. The van der Waals surface area contributed by atoms with Crippen molar-refractivity contribution < 1.29 is 19.9 Å². The number of rotatable bonds is 2. The van der Waals surface area contributed by atoms with Gasteiger partial charge in [0.1, 0.15) is 0 Å².